The Morgan fingerprint density at radius 3 is 2.70 bits per heavy atom. The van der Waals surface area contributed by atoms with Crippen LogP contribution < -0.4 is 4.74 Å². The lowest BCUT2D eigenvalue weighted by atomic mass is 9.93. The number of benzene rings is 1. The molecule has 0 N–H and O–H groups in total. The van der Waals surface area contributed by atoms with Gasteiger partial charge in [0.2, 0.25) is 0 Å². The second-order valence-corrected chi connectivity index (χ2v) is 4.75. The third-order valence-electron chi connectivity index (χ3n) is 3.16. The van der Waals surface area contributed by atoms with Crippen molar-refractivity contribution in [2.45, 2.75) is 26.2 Å². The van der Waals surface area contributed by atoms with E-state index in [1.807, 2.05) is 44.2 Å². The van der Waals surface area contributed by atoms with Crippen molar-refractivity contribution in [2.75, 3.05) is 6.61 Å². The normalized spacial score (nSPS) is 11.9. The molecule has 0 aliphatic heterocycles. The minimum atomic E-state index is -0.181. The van der Waals surface area contributed by atoms with E-state index in [2.05, 4.69) is 4.98 Å². The van der Waals surface area contributed by atoms with Gasteiger partial charge in [-0.25, -0.2) is 0 Å². The summed E-state index contributed by atoms with van der Waals surface area (Å²) in [5.41, 5.74) is 1.60. The topological polar surface area (TPSA) is 39.2 Å². The fourth-order valence-electron chi connectivity index (χ4n) is 2.00. The second kappa shape index (κ2) is 6.85. The largest absolute Gasteiger partial charge is 0.492 e. The minimum absolute atomic E-state index is 0.0608. The molecule has 104 valence electrons. The van der Waals surface area contributed by atoms with Crippen LogP contribution in [0.15, 0.2) is 48.8 Å². The van der Waals surface area contributed by atoms with E-state index in [4.69, 9.17) is 4.74 Å². The van der Waals surface area contributed by atoms with Gasteiger partial charge in [-0.3, -0.25) is 9.78 Å². The van der Waals surface area contributed by atoms with E-state index < -0.39 is 0 Å². The quantitative estimate of drug-likeness (QED) is 0.747. The Balaban J connectivity index is 2.16. The summed E-state index contributed by atoms with van der Waals surface area (Å²) in [5.74, 6) is 0.531. The predicted octanol–water partition coefficient (Wildman–Crippen LogP) is 3.86. The molecule has 1 heterocycles. The number of hydrogen-bond acceptors (Lipinski definition) is 3. The van der Waals surface area contributed by atoms with E-state index in [-0.39, 0.29) is 11.7 Å². The Kier molecular flexibility index (Phi) is 4.88. The van der Waals surface area contributed by atoms with Gasteiger partial charge in [0, 0.05) is 17.7 Å². The van der Waals surface area contributed by atoms with Gasteiger partial charge in [0.05, 0.1) is 12.8 Å². The average Bonchev–Trinajstić information content (AvgIpc) is 2.52. The van der Waals surface area contributed by atoms with E-state index in [9.17, 15) is 4.79 Å². The first-order valence-corrected chi connectivity index (χ1v) is 6.89. The molecule has 3 nitrogen and oxygen atoms in total. The van der Waals surface area contributed by atoms with Gasteiger partial charge in [-0.2, -0.15) is 0 Å². The van der Waals surface area contributed by atoms with Gasteiger partial charge in [-0.1, -0.05) is 44.2 Å². The highest BCUT2D eigenvalue weighted by Crippen LogP contribution is 2.22. The molecule has 0 radical (unpaired) electrons. The van der Waals surface area contributed by atoms with Crippen LogP contribution in [0, 0.1) is 0 Å². The number of carbonyl (C=O) groups excluding carboxylic acids is 1. The zero-order valence-corrected chi connectivity index (χ0v) is 11.9. The van der Waals surface area contributed by atoms with Gasteiger partial charge in [0.15, 0.2) is 5.78 Å². The summed E-state index contributed by atoms with van der Waals surface area (Å²) >= 11 is 0. The number of ketones is 1. The summed E-state index contributed by atoms with van der Waals surface area (Å²) in [6, 6.07) is 11.5. The van der Waals surface area contributed by atoms with Crippen LogP contribution in [0.3, 0.4) is 0 Å². The Labute approximate surface area is 119 Å². The van der Waals surface area contributed by atoms with Gasteiger partial charge in [0.25, 0.3) is 0 Å². The van der Waals surface area contributed by atoms with Crippen LogP contribution in [0.5, 0.6) is 5.75 Å². The predicted molar refractivity (Wildman–Crippen MR) is 79.2 cm³/mol. The smallest absolute Gasteiger partial charge is 0.171 e. The zero-order chi connectivity index (χ0) is 14.4. The lowest BCUT2D eigenvalue weighted by molar-refractivity contribution is 0.0965. The molecule has 20 heavy (non-hydrogen) atoms. The molecular weight excluding hydrogens is 250 g/mol. The van der Waals surface area contributed by atoms with Crippen molar-refractivity contribution >= 4 is 5.78 Å². The van der Waals surface area contributed by atoms with Crippen LogP contribution in [-0.4, -0.2) is 17.4 Å². The molecule has 0 spiro atoms. The van der Waals surface area contributed by atoms with Gasteiger partial charge >= 0.3 is 0 Å². The van der Waals surface area contributed by atoms with Gasteiger partial charge < -0.3 is 4.74 Å². The van der Waals surface area contributed by atoms with Gasteiger partial charge in [0.1, 0.15) is 5.75 Å². The molecule has 1 aromatic carbocycles. The maximum atomic E-state index is 12.5. The molecule has 2 aromatic rings. The van der Waals surface area contributed by atoms with E-state index in [1.165, 1.54) is 0 Å². The molecule has 0 aliphatic carbocycles. The number of hydrogen-bond donors (Lipinski definition) is 0. The first kappa shape index (κ1) is 14.3. The standard InChI is InChI=1S/C17H19NO2/c1-3-9-20-16-10-15(11-18-12-16)17(19)13(2)14-7-5-4-6-8-14/h4-8,10-13H,3,9H2,1-2H3. The molecule has 3 heteroatoms. The van der Waals surface area contributed by atoms with E-state index >= 15 is 0 Å². The molecule has 0 bridgehead atoms. The Bertz CT molecular complexity index is 566. The molecule has 1 unspecified atom stereocenters. The SMILES string of the molecule is CCCOc1cncc(C(=O)C(C)c2ccccc2)c1. The lowest BCUT2D eigenvalue weighted by Gasteiger charge is -2.11. The Morgan fingerprint density at radius 2 is 2.00 bits per heavy atom. The number of aromatic nitrogens is 1. The van der Waals surface area contributed by atoms with E-state index in [0.717, 1.165) is 12.0 Å². The van der Waals surface area contributed by atoms with E-state index in [0.29, 0.717) is 17.9 Å². The van der Waals surface area contributed by atoms with Crippen LogP contribution >= 0.6 is 0 Å². The molecule has 0 saturated carbocycles. The number of nitrogens with zero attached hydrogens (tertiary/aromatic N) is 1. The van der Waals surface area contributed by atoms with Crippen LogP contribution in [0.4, 0.5) is 0 Å². The highest BCUT2D eigenvalue weighted by molar-refractivity contribution is 6.00. The Hall–Kier alpha value is -2.16. The molecule has 0 fully saturated rings. The molecule has 0 aliphatic rings. The average molecular weight is 269 g/mol. The fourth-order valence-corrected chi connectivity index (χ4v) is 2.00. The number of carbonyl (C=O) groups is 1. The van der Waals surface area contributed by atoms with Crippen LogP contribution in [-0.2, 0) is 0 Å². The molecule has 1 atom stereocenters. The summed E-state index contributed by atoms with van der Waals surface area (Å²) in [5, 5.41) is 0. The van der Waals surface area contributed by atoms with Crippen molar-refractivity contribution in [2.24, 2.45) is 0 Å². The summed E-state index contributed by atoms with van der Waals surface area (Å²) < 4.78 is 5.52. The van der Waals surface area contributed by atoms with Crippen LogP contribution in [0.1, 0.15) is 42.1 Å². The fraction of sp³-hybridized carbons (Fsp3) is 0.294. The van der Waals surface area contributed by atoms with Crippen molar-refractivity contribution < 1.29 is 9.53 Å². The van der Waals surface area contributed by atoms with Crippen molar-refractivity contribution in [1.82, 2.24) is 4.98 Å². The van der Waals surface area contributed by atoms with Crippen molar-refractivity contribution in [1.29, 1.82) is 0 Å². The van der Waals surface area contributed by atoms with Crippen molar-refractivity contribution in [3.05, 3.63) is 59.9 Å². The molecular formula is C17H19NO2. The second-order valence-electron chi connectivity index (χ2n) is 4.75. The zero-order valence-electron chi connectivity index (χ0n) is 11.9. The maximum Gasteiger partial charge on any atom is 0.171 e. The summed E-state index contributed by atoms with van der Waals surface area (Å²) in [4.78, 5) is 16.6. The molecule has 1 aromatic heterocycles. The highest BCUT2D eigenvalue weighted by atomic mass is 16.5. The molecule has 0 saturated heterocycles. The van der Waals surface area contributed by atoms with Crippen molar-refractivity contribution in [3.8, 4) is 5.75 Å². The summed E-state index contributed by atoms with van der Waals surface area (Å²) in [6.45, 7) is 4.59. The van der Waals surface area contributed by atoms with Gasteiger partial charge in [-0.05, 0) is 18.1 Å². The third-order valence-corrected chi connectivity index (χ3v) is 3.16. The number of pyridine rings is 1. The third kappa shape index (κ3) is 3.44. The number of Topliss-reactive ketones (excluding diaryl/α,β-unsaturated/α-hetero) is 1. The first-order valence-electron chi connectivity index (χ1n) is 6.89. The van der Waals surface area contributed by atoms with Gasteiger partial charge in [-0.15, -0.1) is 0 Å². The molecule has 2 rings (SSSR count). The summed E-state index contributed by atoms with van der Waals surface area (Å²) in [6.07, 6.45) is 4.17. The number of rotatable bonds is 6. The molecule has 0 amide bonds. The first-order chi connectivity index (χ1) is 9.72. The minimum Gasteiger partial charge on any atom is -0.492 e. The maximum absolute atomic E-state index is 12.5. The number of ether oxygens (including phenoxy) is 1. The Morgan fingerprint density at radius 1 is 1.25 bits per heavy atom. The lowest BCUT2D eigenvalue weighted by Crippen LogP contribution is -2.10. The van der Waals surface area contributed by atoms with Crippen LogP contribution in [0.2, 0.25) is 0 Å². The van der Waals surface area contributed by atoms with E-state index in [1.54, 1.807) is 18.5 Å². The van der Waals surface area contributed by atoms with Crippen molar-refractivity contribution in [3.63, 3.8) is 0 Å². The van der Waals surface area contributed by atoms with Crippen LogP contribution in [0.25, 0.3) is 0 Å². The monoisotopic (exact) mass is 269 g/mol. The summed E-state index contributed by atoms with van der Waals surface area (Å²) in [7, 11) is 0. The highest BCUT2D eigenvalue weighted by Gasteiger charge is 2.17.